The first-order valence-corrected chi connectivity index (χ1v) is 12.8. The predicted octanol–water partition coefficient (Wildman–Crippen LogP) is 3.20. The van der Waals surface area contributed by atoms with Gasteiger partial charge in [-0.25, -0.2) is 0 Å². The van der Waals surface area contributed by atoms with E-state index in [1.54, 1.807) is 35.7 Å². The maximum Gasteiger partial charge on any atom is 0.311 e. The second-order valence-corrected chi connectivity index (χ2v) is 11.7. The fourth-order valence-corrected chi connectivity index (χ4v) is 8.84. The molecule has 1 N–H and O–H groups in total. The van der Waals surface area contributed by atoms with Crippen LogP contribution in [0.1, 0.15) is 32.3 Å². The average Bonchev–Trinajstić information content (AvgIpc) is 3.34. The molecule has 0 aromatic heterocycles. The monoisotopic (exact) mass is 506 g/mol. The molecular formula is C25H31ClN2O5S. The highest BCUT2D eigenvalue weighted by molar-refractivity contribution is 8.02. The minimum absolute atomic E-state index is 0.0176. The Morgan fingerprint density at radius 2 is 2.15 bits per heavy atom. The van der Waals surface area contributed by atoms with Crippen molar-refractivity contribution < 1.29 is 24.2 Å². The van der Waals surface area contributed by atoms with Crippen LogP contribution in [0, 0.1) is 18.8 Å². The molecule has 34 heavy (non-hydrogen) atoms. The van der Waals surface area contributed by atoms with E-state index >= 15 is 0 Å². The normalized spacial score (nSPS) is 31.5. The van der Waals surface area contributed by atoms with Gasteiger partial charge in [-0.1, -0.05) is 29.8 Å². The first kappa shape index (κ1) is 25.1. The standard InChI is InChI=1S/C25H31ClN2O5S/c1-5-12-27(19-15(3)8-7-9-16(19)26)22(31)20-25-11-10-24(4,34-25)18(23(32)33-6-2)17(25)21(30)28(20)13-14-29/h5,7-9,17-18,20,29H,1,6,10-14H2,2-4H3/t17-,18+,20?,24-,25?/m0/s1. The van der Waals surface area contributed by atoms with Crippen LogP contribution in [0.15, 0.2) is 30.9 Å². The molecule has 3 aliphatic rings. The van der Waals surface area contributed by atoms with Crippen LogP contribution < -0.4 is 4.90 Å². The Kier molecular flexibility index (Phi) is 6.79. The molecule has 1 aromatic rings. The van der Waals surface area contributed by atoms with Gasteiger partial charge in [-0.05, 0) is 45.2 Å². The van der Waals surface area contributed by atoms with Crippen LogP contribution in [0.4, 0.5) is 5.69 Å². The molecule has 1 aromatic carbocycles. The summed E-state index contributed by atoms with van der Waals surface area (Å²) in [6.45, 7) is 9.62. The van der Waals surface area contributed by atoms with Gasteiger partial charge in [0.2, 0.25) is 5.91 Å². The van der Waals surface area contributed by atoms with E-state index in [2.05, 4.69) is 6.58 Å². The highest BCUT2D eigenvalue weighted by Crippen LogP contribution is 2.71. The lowest BCUT2D eigenvalue weighted by molar-refractivity contribution is -0.155. The second kappa shape index (κ2) is 9.21. The number of carbonyl (C=O) groups is 3. The van der Waals surface area contributed by atoms with E-state index in [9.17, 15) is 19.5 Å². The first-order valence-electron chi connectivity index (χ1n) is 11.6. The van der Waals surface area contributed by atoms with Crippen LogP contribution in [0.3, 0.4) is 0 Å². The molecule has 3 heterocycles. The lowest BCUT2D eigenvalue weighted by Crippen LogP contribution is -2.55. The summed E-state index contributed by atoms with van der Waals surface area (Å²) in [7, 11) is 0. The number of carbonyl (C=O) groups excluding carboxylic acids is 3. The van der Waals surface area contributed by atoms with Gasteiger partial charge >= 0.3 is 5.97 Å². The molecule has 4 rings (SSSR count). The molecule has 0 aliphatic carbocycles. The molecule has 1 spiro atoms. The number of thioether (sulfide) groups is 1. The molecular weight excluding hydrogens is 476 g/mol. The van der Waals surface area contributed by atoms with Crippen molar-refractivity contribution in [3.05, 3.63) is 41.4 Å². The van der Waals surface area contributed by atoms with Crippen LogP contribution in [-0.4, -0.2) is 69.6 Å². The number of amides is 2. The molecule has 3 fully saturated rings. The Hall–Kier alpha value is -2.03. The number of β-amino-alcohol motifs (C(OH)–C–C–N with tert-alkyl or cyclic N) is 1. The van der Waals surface area contributed by atoms with Gasteiger partial charge in [-0.3, -0.25) is 14.4 Å². The Balaban J connectivity index is 1.83. The summed E-state index contributed by atoms with van der Waals surface area (Å²) in [6, 6.07) is 4.60. The van der Waals surface area contributed by atoms with Crippen molar-refractivity contribution in [1.82, 2.24) is 4.90 Å². The molecule has 2 amide bonds. The SMILES string of the molecule is C=CCN(C(=O)C1N(CCO)C(=O)[C@@H]2[C@H](C(=O)OCC)[C@]3(C)CCC12S3)c1c(C)cccc1Cl. The number of aliphatic hydroxyl groups is 1. The van der Waals surface area contributed by atoms with Gasteiger partial charge in [-0.2, -0.15) is 0 Å². The van der Waals surface area contributed by atoms with E-state index in [0.29, 0.717) is 23.6 Å². The van der Waals surface area contributed by atoms with E-state index < -0.39 is 27.4 Å². The van der Waals surface area contributed by atoms with Crippen molar-refractivity contribution in [1.29, 1.82) is 0 Å². The topological polar surface area (TPSA) is 87.2 Å². The number of aryl methyl sites for hydroxylation is 1. The maximum absolute atomic E-state index is 14.3. The van der Waals surface area contributed by atoms with Gasteiger partial charge in [0, 0.05) is 17.8 Å². The van der Waals surface area contributed by atoms with Crippen LogP contribution in [0.25, 0.3) is 0 Å². The maximum atomic E-state index is 14.3. The van der Waals surface area contributed by atoms with Gasteiger partial charge in [0.25, 0.3) is 5.91 Å². The van der Waals surface area contributed by atoms with Gasteiger partial charge in [0.15, 0.2) is 0 Å². The molecule has 2 bridgehead atoms. The number of likely N-dealkylation sites (tertiary alicyclic amines) is 1. The van der Waals surface area contributed by atoms with Gasteiger partial charge < -0.3 is 19.6 Å². The molecule has 9 heteroatoms. The molecule has 184 valence electrons. The largest absolute Gasteiger partial charge is 0.466 e. The Labute approximate surface area is 209 Å². The highest BCUT2D eigenvalue weighted by atomic mass is 35.5. The Morgan fingerprint density at radius 3 is 2.76 bits per heavy atom. The number of aliphatic hydroxyl groups excluding tert-OH is 1. The highest BCUT2D eigenvalue weighted by Gasteiger charge is 2.77. The Morgan fingerprint density at radius 1 is 1.41 bits per heavy atom. The number of ether oxygens (including phenoxy) is 1. The molecule has 0 saturated carbocycles. The van der Waals surface area contributed by atoms with E-state index in [1.807, 2.05) is 26.0 Å². The van der Waals surface area contributed by atoms with E-state index in [-0.39, 0.29) is 44.1 Å². The number of hydrogen-bond acceptors (Lipinski definition) is 6. The third-order valence-electron chi connectivity index (χ3n) is 7.43. The lowest BCUT2D eigenvalue weighted by Gasteiger charge is -2.37. The fourth-order valence-electron chi connectivity index (χ4n) is 6.18. The number of benzene rings is 1. The first-order chi connectivity index (χ1) is 16.2. The summed E-state index contributed by atoms with van der Waals surface area (Å²) in [4.78, 5) is 44.2. The fraction of sp³-hybridized carbons (Fsp3) is 0.560. The van der Waals surface area contributed by atoms with E-state index in [1.165, 1.54) is 4.90 Å². The molecule has 5 atom stereocenters. The summed E-state index contributed by atoms with van der Waals surface area (Å²) in [5.41, 5.74) is 1.41. The summed E-state index contributed by atoms with van der Waals surface area (Å²) >= 11 is 8.10. The minimum Gasteiger partial charge on any atom is -0.466 e. The zero-order chi connectivity index (χ0) is 24.8. The third kappa shape index (κ3) is 3.57. The molecule has 3 saturated heterocycles. The number of hydrogen-bond donors (Lipinski definition) is 1. The van der Waals surface area contributed by atoms with Crippen LogP contribution in [-0.2, 0) is 19.1 Å². The van der Waals surface area contributed by atoms with E-state index in [0.717, 1.165) is 5.56 Å². The molecule has 7 nitrogen and oxygen atoms in total. The zero-order valence-corrected chi connectivity index (χ0v) is 21.3. The van der Waals surface area contributed by atoms with Crippen LogP contribution in [0.5, 0.6) is 0 Å². The summed E-state index contributed by atoms with van der Waals surface area (Å²) in [5, 5.41) is 10.2. The predicted molar refractivity (Wildman–Crippen MR) is 133 cm³/mol. The summed E-state index contributed by atoms with van der Waals surface area (Å²) < 4.78 is 4.12. The molecule has 0 radical (unpaired) electrons. The summed E-state index contributed by atoms with van der Waals surface area (Å²) in [6.07, 6.45) is 2.96. The number of esters is 1. The van der Waals surface area contributed by atoms with Gasteiger partial charge in [0.05, 0.1) is 40.5 Å². The lowest BCUT2D eigenvalue weighted by atomic mass is 9.66. The van der Waals surface area contributed by atoms with Crippen molar-refractivity contribution in [2.75, 3.05) is 31.2 Å². The Bertz CT molecular complexity index is 1010. The second-order valence-electron chi connectivity index (χ2n) is 9.38. The third-order valence-corrected chi connectivity index (χ3v) is 9.72. The number of nitrogens with zero attached hydrogens (tertiary/aromatic N) is 2. The van der Waals surface area contributed by atoms with E-state index in [4.69, 9.17) is 16.3 Å². The van der Waals surface area contributed by atoms with Gasteiger partial charge in [0.1, 0.15) is 6.04 Å². The van der Waals surface area contributed by atoms with Crippen LogP contribution >= 0.6 is 23.4 Å². The van der Waals surface area contributed by atoms with Gasteiger partial charge in [-0.15, -0.1) is 18.3 Å². The van der Waals surface area contributed by atoms with Crippen molar-refractivity contribution in [2.45, 2.75) is 49.1 Å². The zero-order valence-electron chi connectivity index (χ0n) is 19.8. The minimum atomic E-state index is -0.834. The number of para-hydroxylation sites is 1. The summed E-state index contributed by atoms with van der Waals surface area (Å²) in [5.74, 6) is -2.24. The number of halogens is 1. The number of rotatable bonds is 8. The smallest absolute Gasteiger partial charge is 0.311 e. The van der Waals surface area contributed by atoms with Crippen molar-refractivity contribution in [2.24, 2.45) is 11.8 Å². The van der Waals surface area contributed by atoms with Crippen molar-refractivity contribution in [3.63, 3.8) is 0 Å². The van der Waals surface area contributed by atoms with Crippen LogP contribution in [0.2, 0.25) is 5.02 Å². The van der Waals surface area contributed by atoms with Crippen molar-refractivity contribution in [3.8, 4) is 0 Å². The molecule has 3 aliphatic heterocycles. The number of anilines is 1. The quantitative estimate of drug-likeness (QED) is 0.430. The average molecular weight is 507 g/mol. The van der Waals surface area contributed by atoms with Crippen molar-refractivity contribution >= 4 is 46.8 Å². The number of fused-ring (bicyclic) bond motifs is 1. The molecule has 2 unspecified atom stereocenters.